The maximum atomic E-state index is 9.53. The van der Waals surface area contributed by atoms with Gasteiger partial charge in [-0.2, -0.15) is 0 Å². The smallest absolute Gasteiger partial charge is 0.122 e. The van der Waals surface area contributed by atoms with Crippen LogP contribution in [0.5, 0.6) is 5.75 Å². The molecule has 0 saturated heterocycles. The molecule has 2 aromatic carbocycles. The number of rotatable bonds is 3. The number of hydrogen-bond acceptors (Lipinski definition) is 2. The zero-order valence-electron chi connectivity index (χ0n) is 9.60. The third-order valence-corrected chi connectivity index (χ3v) is 2.72. The van der Waals surface area contributed by atoms with Gasteiger partial charge < -0.3 is 9.84 Å². The number of fused-ring (bicyclic) bond motifs is 1. The standard InChI is InChI=1S/C14H16O2/c1-10(15)9-13-12-6-4-3-5-11(12)7-8-14(13)16-2/h3-8,10,15H,9H2,1-2H3/t10-/m0/s1. The number of hydrogen-bond donors (Lipinski definition) is 1. The van der Waals surface area contributed by atoms with Gasteiger partial charge in [0.1, 0.15) is 5.75 Å². The Morgan fingerprint density at radius 3 is 2.62 bits per heavy atom. The minimum absolute atomic E-state index is 0.361. The lowest BCUT2D eigenvalue weighted by Gasteiger charge is -2.13. The Morgan fingerprint density at radius 1 is 1.19 bits per heavy atom. The third kappa shape index (κ3) is 2.02. The zero-order chi connectivity index (χ0) is 11.5. The lowest BCUT2D eigenvalue weighted by atomic mass is 9.99. The first-order valence-corrected chi connectivity index (χ1v) is 5.45. The fourth-order valence-electron chi connectivity index (χ4n) is 2.01. The van der Waals surface area contributed by atoms with Crippen molar-refractivity contribution in [1.82, 2.24) is 0 Å². The van der Waals surface area contributed by atoms with Gasteiger partial charge in [-0.1, -0.05) is 30.3 Å². The average Bonchev–Trinajstić information content (AvgIpc) is 2.29. The molecule has 0 aliphatic heterocycles. The summed E-state index contributed by atoms with van der Waals surface area (Å²) in [4.78, 5) is 0. The molecule has 0 amide bonds. The van der Waals surface area contributed by atoms with Crippen LogP contribution in [-0.2, 0) is 6.42 Å². The van der Waals surface area contributed by atoms with E-state index >= 15 is 0 Å². The van der Waals surface area contributed by atoms with E-state index in [0.29, 0.717) is 6.42 Å². The van der Waals surface area contributed by atoms with E-state index in [1.807, 2.05) is 24.3 Å². The summed E-state index contributed by atoms with van der Waals surface area (Å²) in [6, 6.07) is 12.2. The first-order chi connectivity index (χ1) is 7.72. The molecule has 2 heteroatoms. The summed E-state index contributed by atoms with van der Waals surface area (Å²) >= 11 is 0. The van der Waals surface area contributed by atoms with Gasteiger partial charge >= 0.3 is 0 Å². The quantitative estimate of drug-likeness (QED) is 0.854. The fourth-order valence-corrected chi connectivity index (χ4v) is 2.01. The zero-order valence-corrected chi connectivity index (χ0v) is 9.60. The first-order valence-electron chi connectivity index (χ1n) is 5.45. The molecule has 16 heavy (non-hydrogen) atoms. The Kier molecular flexibility index (Phi) is 3.11. The average molecular weight is 216 g/mol. The molecule has 0 unspecified atom stereocenters. The molecule has 1 N–H and O–H groups in total. The van der Waals surface area contributed by atoms with Gasteiger partial charge in [0.05, 0.1) is 13.2 Å². The van der Waals surface area contributed by atoms with E-state index in [9.17, 15) is 5.11 Å². The Morgan fingerprint density at radius 2 is 1.94 bits per heavy atom. The van der Waals surface area contributed by atoms with Gasteiger partial charge in [0, 0.05) is 12.0 Å². The predicted molar refractivity (Wildman–Crippen MR) is 65.9 cm³/mol. The fraction of sp³-hybridized carbons (Fsp3) is 0.286. The highest BCUT2D eigenvalue weighted by molar-refractivity contribution is 5.87. The predicted octanol–water partition coefficient (Wildman–Crippen LogP) is 2.77. The molecule has 84 valence electrons. The second kappa shape index (κ2) is 4.54. The van der Waals surface area contributed by atoms with Crippen LogP contribution in [-0.4, -0.2) is 18.3 Å². The van der Waals surface area contributed by atoms with E-state index < -0.39 is 0 Å². The Labute approximate surface area is 95.5 Å². The Hall–Kier alpha value is -1.54. The molecule has 0 bridgehead atoms. The molecule has 0 heterocycles. The van der Waals surface area contributed by atoms with Crippen LogP contribution in [0.2, 0.25) is 0 Å². The summed E-state index contributed by atoms with van der Waals surface area (Å²) < 4.78 is 5.34. The molecule has 0 saturated carbocycles. The van der Waals surface area contributed by atoms with E-state index in [2.05, 4.69) is 12.1 Å². The normalized spacial score (nSPS) is 12.7. The van der Waals surface area contributed by atoms with Crippen molar-refractivity contribution < 1.29 is 9.84 Å². The van der Waals surface area contributed by atoms with Gasteiger partial charge in [0.15, 0.2) is 0 Å². The molecule has 0 aliphatic rings. The number of benzene rings is 2. The van der Waals surface area contributed by atoms with Gasteiger partial charge in [-0.3, -0.25) is 0 Å². The number of methoxy groups -OCH3 is 1. The monoisotopic (exact) mass is 216 g/mol. The highest BCUT2D eigenvalue weighted by atomic mass is 16.5. The first kappa shape index (κ1) is 11.0. The second-order valence-corrected chi connectivity index (χ2v) is 4.02. The van der Waals surface area contributed by atoms with E-state index in [4.69, 9.17) is 4.74 Å². The van der Waals surface area contributed by atoms with Gasteiger partial charge in [0.2, 0.25) is 0 Å². The van der Waals surface area contributed by atoms with Crippen LogP contribution in [0.3, 0.4) is 0 Å². The SMILES string of the molecule is COc1ccc2ccccc2c1C[C@H](C)O. The molecule has 0 radical (unpaired) electrons. The van der Waals surface area contributed by atoms with E-state index in [0.717, 1.165) is 16.7 Å². The van der Waals surface area contributed by atoms with Crippen molar-refractivity contribution in [3.8, 4) is 5.75 Å². The topological polar surface area (TPSA) is 29.5 Å². The van der Waals surface area contributed by atoms with Crippen molar-refractivity contribution in [2.75, 3.05) is 7.11 Å². The van der Waals surface area contributed by atoms with E-state index in [-0.39, 0.29) is 6.10 Å². The molecule has 2 aromatic rings. The van der Waals surface area contributed by atoms with Crippen molar-refractivity contribution in [3.05, 3.63) is 42.0 Å². The number of ether oxygens (including phenoxy) is 1. The van der Waals surface area contributed by atoms with E-state index in [1.165, 1.54) is 5.39 Å². The van der Waals surface area contributed by atoms with Crippen LogP contribution < -0.4 is 4.74 Å². The summed E-state index contributed by atoms with van der Waals surface area (Å²) in [5.74, 6) is 0.847. The van der Waals surface area contributed by atoms with Crippen molar-refractivity contribution in [2.45, 2.75) is 19.4 Å². The molecule has 0 aliphatic carbocycles. The van der Waals surface area contributed by atoms with Crippen molar-refractivity contribution in [2.24, 2.45) is 0 Å². The van der Waals surface area contributed by atoms with Crippen molar-refractivity contribution >= 4 is 10.8 Å². The Balaban J connectivity index is 2.63. The minimum atomic E-state index is -0.361. The van der Waals surface area contributed by atoms with Crippen LogP contribution in [0.4, 0.5) is 0 Å². The molecular formula is C14H16O2. The van der Waals surface area contributed by atoms with Gasteiger partial charge in [0.25, 0.3) is 0 Å². The lowest BCUT2D eigenvalue weighted by Crippen LogP contribution is -2.06. The molecular weight excluding hydrogens is 200 g/mol. The summed E-state index contributed by atoms with van der Waals surface area (Å²) in [6.07, 6.45) is 0.254. The minimum Gasteiger partial charge on any atom is -0.496 e. The molecule has 0 aromatic heterocycles. The highest BCUT2D eigenvalue weighted by Gasteiger charge is 2.10. The largest absolute Gasteiger partial charge is 0.496 e. The Bertz CT molecular complexity index is 489. The van der Waals surface area contributed by atoms with Crippen LogP contribution in [0.1, 0.15) is 12.5 Å². The summed E-state index contributed by atoms with van der Waals surface area (Å²) in [5.41, 5.74) is 1.08. The third-order valence-electron chi connectivity index (χ3n) is 2.72. The summed E-state index contributed by atoms with van der Waals surface area (Å²) in [7, 11) is 1.66. The van der Waals surface area contributed by atoms with Crippen molar-refractivity contribution in [1.29, 1.82) is 0 Å². The summed E-state index contributed by atoms with van der Waals surface area (Å²) in [5, 5.41) is 11.9. The lowest BCUT2D eigenvalue weighted by molar-refractivity contribution is 0.194. The van der Waals surface area contributed by atoms with Crippen LogP contribution in [0.25, 0.3) is 10.8 Å². The second-order valence-electron chi connectivity index (χ2n) is 4.02. The maximum Gasteiger partial charge on any atom is 0.122 e. The molecule has 2 nitrogen and oxygen atoms in total. The maximum absolute atomic E-state index is 9.53. The van der Waals surface area contributed by atoms with Gasteiger partial charge in [-0.25, -0.2) is 0 Å². The molecule has 2 rings (SSSR count). The van der Waals surface area contributed by atoms with Crippen LogP contribution in [0, 0.1) is 0 Å². The molecule has 0 fully saturated rings. The molecule has 1 atom stereocenters. The van der Waals surface area contributed by atoms with Gasteiger partial charge in [-0.05, 0) is 23.8 Å². The van der Waals surface area contributed by atoms with E-state index in [1.54, 1.807) is 14.0 Å². The number of aliphatic hydroxyl groups excluding tert-OH is 1. The highest BCUT2D eigenvalue weighted by Crippen LogP contribution is 2.28. The molecule has 0 spiro atoms. The van der Waals surface area contributed by atoms with Crippen molar-refractivity contribution in [3.63, 3.8) is 0 Å². The van der Waals surface area contributed by atoms with Crippen LogP contribution in [0.15, 0.2) is 36.4 Å². The van der Waals surface area contributed by atoms with Crippen LogP contribution >= 0.6 is 0 Å². The van der Waals surface area contributed by atoms with Gasteiger partial charge in [-0.15, -0.1) is 0 Å². The summed E-state index contributed by atoms with van der Waals surface area (Å²) in [6.45, 7) is 1.79. The number of aliphatic hydroxyl groups is 1.